The molecular weight excluding hydrogens is 166 g/mol. The summed E-state index contributed by atoms with van der Waals surface area (Å²) in [6.07, 6.45) is 2.53. The molecule has 4 nitrogen and oxygen atoms in total. The van der Waals surface area contributed by atoms with Crippen LogP contribution in [0.25, 0.3) is 0 Å². The number of fused-ring (bicyclic) bond motifs is 1. The van der Waals surface area contributed by atoms with E-state index in [2.05, 4.69) is 21.9 Å². The molecule has 2 rings (SSSR count). The molecule has 0 saturated carbocycles. The van der Waals surface area contributed by atoms with Gasteiger partial charge in [-0.2, -0.15) is 0 Å². The minimum atomic E-state index is 0.621. The van der Waals surface area contributed by atoms with Gasteiger partial charge in [-0.1, -0.05) is 0 Å². The quantitative estimate of drug-likeness (QED) is 0.513. The lowest BCUT2D eigenvalue weighted by Crippen LogP contribution is -2.25. The smallest absolute Gasteiger partial charge is 0.242 e. The molecule has 0 aliphatic carbocycles. The van der Waals surface area contributed by atoms with Crippen molar-refractivity contribution < 1.29 is 4.79 Å². The third-order valence-corrected chi connectivity index (χ3v) is 2.33. The van der Waals surface area contributed by atoms with E-state index in [-0.39, 0.29) is 0 Å². The zero-order valence-corrected chi connectivity index (χ0v) is 7.50. The van der Waals surface area contributed by atoms with E-state index in [0.717, 1.165) is 19.5 Å². The lowest BCUT2D eigenvalue weighted by atomic mass is 10.1. The molecule has 1 aromatic heterocycles. The summed E-state index contributed by atoms with van der Waals surface area (Å²) in [7, 11) is 2.08. The number of aromatic amines is 1. The zero-order chi connectivity index (χ0) is 9.26. The third-order valence-electron chi connectivity index (χ3n) is 2.33. The number of aliphatic imine (C=N–C) groups is 1. The highest BCUT2D eigenvalue weighted by Gasteiger charge is 2.15. The third kappa shape index (κ3) is 1.54. The van der Waals surface area contributed by atoms with Crippen LogP contribution in [-0.2, 0) is 17.8 Å². The summed E-state index contributed by atoms with van der Waals surface area (Å²) in [5, 5.41) is 0. The molecule has 0 fully saturated rings. The fourth-order valence-electron chi connectivity index (χ4n) is 1.67. The molecular formula is C9H11N3O. The van der Waals surface area contributed by atoms with E-state index >= 15 is 0 Å². The average Bonchev–Trinajstić information content (AvgIpc) is 2.46. The first kappa shape index (κ1) is 8.23. The molecule has 0 atom stereocenters. The van der Waals surface area contributed by atoms with Gasteiger partial charge in [0, 0.05) is 25.2 Å². The van der Waals surface area contributed by atoms with E-state index in [0.29, 0.717) is 5.82 Å². The normalized spacial score (nSPS) is 16.4. The largest absolute Gasteiger partial charge is 0.343 e. The van der Waals surface area contributed by atoms with Gasteiger partial charge < -0.3 is 9.88 Å². The molecule has 0 bridgehead atoms. The van der Waals surface area contributed by atoms with Gasteiger partial charge in [-0.3, -0.25) is 0 Å². The van der Waals surface area contributed by atoms with Crippen LogP contribution in [0.1, 0.15) is 11.3 Å². The highest BCUT2D eigenvalue weighted by atomic mass is 16.1. The second kappa shape index (κ2) is 3.17. The van der Waals surface area contributed by atoms with E-state index in [1.54, 1.807) is 0 Å². The van der Waals surface area contributed by atoms with Gasteiger partial charge in [0.2, 0.25) is 6.08 Å². The van der Waals surface area contributed by atoms with E-state index in [4.69, 9.17) is 0 Å². The topological polar surface area (TPSA) is 48.5 Å². The SMILES string of the molecule is CN1CCc2[nH]c(N=C=O)cc2C1. The summed E-state index contributed by atoms with van der Waals surface area (Å²) < 4.78 is 0. The van der Waals surface area contributed by atoms with Gasteiger partial charge in [0.15, 0.2) is 0 Å². The van der Waals surface area contributed by atoms with Crippen LogP contribution >= 0.6 is 0 Å². The number of nitrogens with one attached hydrogen (secondary N) is 1. The molecule has 1 aliphatic heterocycles. The Morgan fingerprint density at radius 3 is 3.31 bits per heavy atom. The van der Waals surface area contributed by atoms with Crippen LogP contribution in [0.3, 0.4) is 0 Å². The van der Waals surface area contributed by atoms with Crippen LogP contribution in [0.15, 0.2) is 11.1 Å². The monoisotopic (exact) mass is 177 g/mol. The van der Waals surface area contributed by atoms with E-state index in [1.807, 2.05) is 6.07 Å². The van der Waals surface area contributed by atoms with Crippen LogP contribution < -0.4 is 0 Å². The maximum atomic E-state index is 10.0. The van der Waals surface area contributed by atoms with Crippen molar-refractivity contribution in [1.82, 2.24) is 9.88 Å². The summed E-state index contributed by atoms with van der Waals surface area (Å²) in [6.45, 7) is 1.98. The predicted molar refractivity (Wildman–Crippen MR) is 48.6 cm³/mol. The summed E-state index contributed by atoms with van der Waals surface area (Å²) >= 11 is 0. The number of H-pyrrole nitrogens is 1. The molecule has 2 heterocycles. The zero-order valence-electron chi connectivity index (χ0n) is 7.50. The van der Waals surface area contributed by atoms with Crippen molar-refractivity contribution in [2.24, 2.45) is 4.99 Å². The van der Waals surface area contributed by atoms with Crippen molar-refractivity contribution in [3.05, 3.63) is 17.3 Å². The van der Waals surface area contributed by atoms with Crippen LogP contribution in [0, 0.1) is 0 Å². The first-order valence-corrected chi connectivity index (χ1v) is 4.27. The van der Waals surface area contributed by atoms with Gasteiger partial charge in [0.05, 0.1) is 0 Å². The maximum absolute atomic E-state index is 10.0. The average molecular weight is 177 g/mol. The van der Waals surface area contributed by atoms with E-state index < -0.39 is 0 Å². The number of likely N-dealkylation sites (N-methyl/N-ethyl adjacent to an activating group) is 1. The lowest BCUT2D eigenvalue weighted by molar-refractivity contribution is 0.312. The minimum absolute atomic E-state index is 0.621. The molecule has 0 spiro atoms. The molecule has 0 aromatic carbocycles. The minimum Gasteiger partial charge on any atom is -0.343 e. The maximum Gasteiger partial charge on any atom is 0.242 e. The second-order valence-electron chi connectivity index (χ2n) is 3.35. The van der Waals surface area contributed by atoms with Crippen molar-refractivity contribution in [2.75, 3.05) is 13.6 Å². The van der Waals surface area contributed by atoms with Crippen LogP contribution in [0.2, 0.25) is 0 Å². The van der Waals surface area contributed by atoms with Gasteiger partial charge in [-0.25, -0.2) is 4.79 Å². The summed E-state index contributed by atoms with van der Waals surface area (Å²) in [5.74, 6) is 0.621. The predicted octanol–water partition coefficient (Wildman–Crippen LogP) is 0.970. The fraction of sp³-hybridized carbons (Fsp3) is 0.444. The van der Waals surface area contributed by atoms with Crippen molar-refractivity contribution in [3.63, 3.8) is 0 Å². The number of isocyanates is 1. The Balaban J connectivity index is 2.33. The molecule has 0 radical (unpaired) electrons. The number of aromatic nitrogens is 1. The Bertz CT molecular complexity index is 363. The number of hydrogen-bond acceptors (Lipinski definition) is 3. The van der Waals surface area contributed by atoms with Crippen LogP contribution in [0.5, 0.6) is 0 Å². The van der Waals surface area contributed by atoms with Gasteiger partial charge in [-0.05, 0) is 18.7 Å². The molecule has 1 aliphatic rings. The van der Waals surface area contributed by atoms with Gasteiger partial charge >= 0.3 is 0 Å². The Morgan fingerprint density at radius 2 is 2.54 bits per heavy atom. The molecule has 0 saturated heterocycles. The van der Waals surface area contributed by atoms with E-state index in [1.165, 1.54) is 17.3 Å². The first-order chi connectivity index (χ1) is 6.29. The van der Waals surface area contributed by atoms with Crippen LogP contribution in [0.4, 0.5) is 5.82 Å². The second-order valence-corrected chi connectivity index (χ2v) is 3.35. The number of carbonyl (C=O) groups excluding carboxylic acids is 1. The van der Waals surface area contributed by atoms with Gasteiger partial charge in [0.25, 0.3) is 0 Å². The number of nitrogens with zero attached hydrogens (tertiary/aromatic N) is 2. The van der Waals surface area contributed by atoms with Crippen molar-refractivity contribution in [3.8, 4) is 0 Å². The van der Waals surface area contributed by atoms with Crippen molar-refractivity contribution >= 4 is 11.9 Å². The van der Waals surface area contributed by atoms with Gasteiger partial charge in [0.1, 0.15) is 5.82 Å². The fourth-order valence-corrected chi connectivity index (χ4v) is 1.67. The lowest BCUT2D eigenvalue weighted by Gasteiger charge is -2.21. The molecule has 68 valence electrons. The number of rotatable bonds is 1. The summed E-state index contributed by atoms with van der Waals surface area (Å²) in [5.41, 5.74) is 2.44. The molecule has 1 aromatic rings. The first-order valence-electron chi connectivity index (χ1n) is 4.27. The molecule has 0 unspecified atom stereocenters. The Kier molecular flexibility index (Phi) is 2.00. The van der Waals surface area contributed by atoms with Gasteiger partial charge in [-0.15, -0.1) is 4.99 Å². The Labute approximate surface area is 76.3 Å². The highest BCUT2D eigenvalue weighted by molar-refractivity contribution is 5.48. The molecule has 1 N–H and O–H groups in total. The van der Waals surface area contributed by atoms with E-state index in [9.17, 15) is 4.79 Å². The summed E-state index contributed by atoms with van der Waals surface area (Å²) in [6, 6.07) is 1.91. The highest BCUT2D eigenvalue weighted by Crippen LogP contribution is 2.22. The standard InChI is InChI=1S/C9H11N3O/c1-12-3-2-8-7(5-12)4-9(11-8)10-6-13/h4,11H,2-3,5H2,1H3. The Morgan fingerprint density at radius 1 is 1.69 bits per heavy atom. The molecule has 4 heteroatoms. The number of hydrogen-bond donors (Lipinski definition) is 1. The van der Waals surface area contributed by atoms with Crippen molar-refractivity contribution in [2.45, 2.75) is 13.0 Å². The summed E-state index contributed by atoms with van der Waals surface area (Å²) in [4.78, 5) is 18.9. The molecule has 13 heavy (non-hydrogen) atoms. The molecule has 0 amide bonds. The Hall–Kier alpha value is -1.38. The van der Waals surface area contributed by atoms with Crippen molar-refractivity contribution in [1.29, 1.82) is 0 Å². The van der Waals surface area contributed by atoms with Crippen LogP contribution in [-0.4, -0.2) is 29.6 Å².